The molecule has 0 amide bonds. The Bertz CT molecular complexity index is 559. The molecule has 1 nitrogen and oxygen atoms in total. The van der Waals surface area contributed by atoms with Crippen molar-refractivity contribution in [2.24, 2.45) is 0 Å². The lowest BCUT2D eigenvalue weighted by molar-refractivity contribution is 0.596. The van der Waals surface area contributed by atoms with Crippen molar-refractivity contribution in [3.63, 3.8) is 0 Å². The predicted molar refractivity (Wildman–Crippen MR) is 81.5 cm³/mol. The van der Waals surface area contributed by atoms with Crippen molar-refractivity contribution in [1.82, 2.24) is 0 Å². The first kappa shape index (κ1) is 13.9. The summed E-state index contributed by atoms with van der Waals surface area (Å²) < 4.78 is 13.0. The van der Waals surface area contributed by atoms with Gasteiger partial charge in [0.1, 0.15) is 5.75 Å². The van der Waals surface area contributed by atoms with E-state index in [1.165, 1.54) is 0 Å². The molecule has 0 N–H and O–H groups in total. The van der Waals surface area contributed by atoms with Crippen LogP contribution in [0.15, 0.2) is 51.8 Å². The molecule has 0 bridgehead atoms. The van der Waals surface area contributed by atoms with E-state index in [4.69, 9.17) is 11.6 Å². The summed E-state index contributed by atoms with van der Waals surface area (Å²) in [6.07, 6.45) is 0. The molecule has 0 aromatic heterocycles. The monoisotopic (exact) mass is 342 g/mol. The van der Waals surface area contributed by atoms with E-state index in [-0.39, 0.29) is 0 Å². The van der Waals surface area contributed by atoms with Crippen LogP contribution in [0.4, 0.5) is 0 Å². The Morgan fingerprint density at radius 1 is 1.17 bits per heavy atom. The first-order chi connectivity index (χ1) is 8.63. The number of hydrogen-bond donors (Lipinski definition) is 0. The Hall–Kier alpha value is -0.480. The normalized spacial score (nSPS) is 12.4. The van der Waals surface area contributed by atoms with Crippen molar-refractivity contribution in [1.29, 1.82) is 0 Å². The van der Waals surface area contributed by atoms with Crippen molar-refractivity contribution < 1.29 is 4.55 Å². The van der Waals surface area contributed by atoms with Crippen molar-refractivity contribution in [2.75, 3.05) is 5.75 Å². The lowest BCUT2D eigenvalue weighted by atomic mass is 10.1. The van der Waals surface area contributed by atoms with Gasteiger partial charge in [0.05, 0.1) is 0 Å². The molecule has 18 heavy (non-hydrogen) atoms. The van der Waals surface area contributed by atoms with E-state index in [0.29, 0.717) is 10.8 Å². The second-order valence-electron chi connectivity index (χ2n) is 3.75. The third-order valence-corrected chi connectivity index (χ3v) is 4.81. The van der Waals surface area contributed by atoms with Gasteiger partial charge in [-0.15, -0.1) is 0 Å². The average Bonchev–Trinajstić information content (AvgIpc) is 2.38. The van der Waals surface area contributed by atoms with E-state index in [9.17, 15) is 4.55 Å². The fraction of sp³-hybridized carbons (Fsp3) is 0.143. The molecule has 0 fully saturated rings. The van der Waals surface area contributed by atoms with Crippen molar-refractivity contribution in [3.8, 4) is 11.1 Å². The third kappa shape index (κ3) is 2.91. The van der Waals surface area contributed by atoms with Gasteiger partial charge in [-0.1, -0.05) is 45.7 Å². The van der Waals surface area contributed by atoms with E-state index >= 15 is 0 Å². The van der Waals surface area contributed by atoms with Crippen molar-refractivity contribution in [3.05, 3.63) is 52.0 Å². The van der Waals surface area contributed by atoms with Crippen LogP contribution in [0.5, 0.6) is 0 Å². The molecule has 2 aromatic rings. The van der Waals surface area contributed by atoms with Crippen LogP contribution in [0.3, 0.4) is 0 Å². The topological polar surface area (TPSA) is 23.1 Å². The minimum atomic E-state index is -0.998. The Balaban J connectivity index is 2.62. The Morgan fingerprint density at radius 2 is 1.89 bits per heavy atom. The van der Waals surface area contributed by atoms with Gasteiger partial charge in [0.25, 0.3) is 0 Å². The summed E-state index contributed by atoms with van der Waals surface area (Å²) in [5.74, 6) is 0.596. The molecule has 2 aromatic carbocycles. The van der Waals surface area contributed by atoms with E-state index in [1.807, 2.05) is 49.4 Å². The molecular formula is C14H12BrClOS. The van der Waals surface area contributed by atoms with Gasteiger partial charge in [-0.2, -0.15) is 0 Å². The maximum absolute atomic E-state index is 12.1. The summed E-state index contributed by atoms with van der Waals surface area (Å²) in [4.78, 5) is 0.828. The SMILES string of the molecule is CC[S+]([O-])c1ccc(Br)cc1-c1ccccc1Cl. The number of hydrogen-bond acceptors (Lipinski definition) is 1. The molecule has 0 heterocycles. The molecule has 0 saturated carbocycles. The first-order valence-corrected chi connectivity index (χ1v) is 8.05. The zero-order valence-corrected chi connectivity index (χ0v) is 13.0. The highest BCUT2D eigenvalue weighted by molar-refractivity contribution is 9.10. The summed E-state index contributed by atoms with van der Waals surface area (Å²) >= 11 is 8.67. The zero-order valence-electron chi connectivity index (χ0n) is 9.82. The molecule has 0 aliphatic rings. The fourth-order valence-corrected chi connectivity index (χ4v) is 3.29. The molecule has 2 rings (SSSR count). The molecule has 1 unspecified atom stereocenters. The maximum atomic E-state index is 12.1. The number of benzene rings is 2. The smallest absolute Gasteiger partial charge is 0.160 e. The summed E-state index contributed by atoms with van der Waals surface area (Å²) in [5.41, 5.74) is 1.84. The Morgan fingerprint density at radius 3 is 2.56 bits per heavy atom. The van der Waals surface area contributed by atoms with E-state index in [0.717, 1.165) is 20.5 Å². The molecule has 1 atom stereocenters. The predicted octanol–water partition coefficient (Wildman–Crippen LogP) is 4.90. The Kier molecular flexibility index (Phi) is 4.73. The van der Waals surface area contributed by atoms with Crippen LogP contribution in [-0.4, -0.2) is 10.3 Å². The lowest BCUT2D eigenvalue weighted by Crippen LogP contribution is -2.05. The van der Waals surface area contributed by atoms with Gasteiger partial charge in [0.2, 0.25) is 0 Å². The van der Waals surface area contributed by atoms with Gasteiger partial charge in [-0.3, -0.25) is 0 Å². The van der Waals surface area contributed by atoms with E-state index in [2.05, 4.69) is 15.9 Å². The van der Waals surface area contributed by atoms with Gasteiger partial charge in [-0.05, 0) is 42.4 Å². The van der Waals surface area contributed by atoms with Crippen LogP contribution in [0, 0.1) is 0 Å². The quantitative estimate of drug-likeness (QED) is 0.727. The maximum Gasteiger partial charge on any atom is 0.160 e. The summed E-state index contributed by atoms with van der Waals surface area (Å²) in [5, 5.41) is 0.671. The van der Waals surface area contributed by atoms with Gasteiger partial charge >= 0.3 is 0 Å². The van der Waals surface area contributed by atoms with Crippen LogP contribution in [-0.2, 0) is 11.2 Å². The van der Waals surface area contributed by atoms with E-state index in [1.54, 1.807) is 0 Å². The minimum absolute atomic E-state index is 0.596. The second kappa shape index (κ2) is 6.11. The van der Waals surface area contributed by atoms with Crippen LogP contribution in [0.1, 0.15) is 6.92 Å². The molecule has 94 valence electrons. The van der Waals surface area contributed by atoms with Crippen molar-refractivity contribution >= 4 is 38.7 Å². The Labute approximate surface area is 123 Å². The standard InChI is InChI=1S/C14H12BrClOS/c1-2-18(17)14-8-7-10(15)9-12(14)11-5-3-4-6-13(11)16/h3-9H,2H2,1H3. The summed E-state index contributed by atoms with van der Waals surface area (Å²) in [6, 6.07) is 13.4. The molecule has 0 radical (unpaired) electrons. The summed E-state index contributed by atoms with van der Waals surface area (Å²) in [7, 11) is 0. The van der Waals surface area contributed by atoms with Gasteiger partial charge in [-0.25, -0.2) is 0 Å². The largest absolute Gasteiger partial charge is 0.611 e. The molecule has 0 aliphatic carbocycles. The van der Waals surface area contributed by atoms with Crippen LogP contribution >= 0.6 is 27.5 Å². The highest BCUT2D eigenvalue weighted by Gasteiger charge is 2.17. The molecule has 4 heteroatoms. The second-order valence-corrected chi connectivity index (χ2v) is 6.79. The molecule has 0 spiro atoms. The summed E-state index contributed by atoms with van der Waals surface area (Å²) in [6.45, 7) is 1.91. The average molecular weight is 344 g/mol. The lowest BCUT2D eigenvalue weighted by Gasteiger charge is -2.14. The van der Waals surface area contributed by atoms with Gasteiger partial charge in [0, 0.05) is 20.6 Å². The highest BCUT2D eigenvalue weighted by Crippen LogP contribution is 2.34. The molecule has 0 saturated heterocycles. The minimum Gasteiger partial charge on any atom is -0.611 e. The van der Waals surface area contributed by atoms with Crippen molar-refractivity contribution in [2.45, 2.75) is 11.8 Å². The van der Waals surface area contributed by atoms with Crippen LogP contribution in [0.25, 0.3) is 11.1 Å². The van der Waals surface area contributed by atoms with Gasteiger partial charge in [0.15, 0.2) is 4.90 Å². The van der Waals surface area contributed by atoms with Gasteiger partial charge < -0.3 is 4.55 Å². The third-order valence-electron chi connectivity index (χ3n) is 2.61. The fourth-order valence-electron chi connectivity index (χ4n) is 1.75. The van der Waals surface area contributed by atoms with Crippen LogP contribution in [0.2, 0.25) is 5.02 Å². The first-order valence-electron chi connectivity index (χ1n) is 5.56. The van der Waals surface area contributed by atoms with E-state index < -0.39 is 11.2 Å². The zero-order chi connectivity index (χ0) is 13.1. The van der Waals surface area contributed by atoms with Crippen LogP contribution < -0.4 is 0 Å². The molecular weight excluding hydrogens is 332 g/mol. The number of halogens is 2. The highest BCUT2D eigenvalue weighted by atomic mass is 79.9. The number of rotatable bonds is 3. The molecule has 0 aliphatic heterocycles.